The van der Waals surface area contributed by atoms with E-state index in [1.54, 1.807) is 0 Å². The van der Waals surface area contributed by atoms with Gasteiger partial charge in [0.05, 0.1) is 25.2 Å². The largest absolute Gasteiger partial charge is 0.468 e. The fourth-order valence-corrected chi connectivity index (χ4v) is 2.02. The lowest BCUT2D eigenvalue weighted by atomic mass is 10.4. The van der Waals surface area contributed by atoms with Crippen LogP contribution in [0.25, 0.3) is 0 Å². The van der Waals surface area contributed by atoms with Crippen LogP contribution in [0, 0.1) is 0 Å². The summed E-state index contributed by atoms with van der Waals surface area (Å²) in [5, 5.41) is 3.27. The SMILES string of the molecule is CCCNCc1ccc(CSCC(=O)OC)o1. The minimum atomic E-state index is -0.202. The van der Waals surface area contributed by atoms with Gasteiger partial charge in [-0.15, -0.1) is 11.8 Å². The summed E-state index contributed by atoms with van der Waals surface area (Å²) >= 11 is 1.49. The van der Waals surface area contributed by atoms with E-state index in [2.05, 4.69) is 17.0 Å². The summed E-state index contributed by atoms with van der Waals surface area (Å²) in [5.74, 6) is 2.69. The molecular formula is C12H19NO3S. The van der Waals surface area contributed by atoms with E-state index in [1.165, 1.54) is 18.9 Å². The molecule has 1 aromatic heterocycles. The number of furan rings is 1. The lowest BCUT2D eigenvalue weighted by Gasteiger charge is -2.00. The minimum Gasteiger partial charge on any atom is -0.468 e. The van der Waals surface area contributed by atoms with Gasteiger partial charge in [0, 0.05) is 0 Å². The van der Waals surface area contributed by atoms with Crippen LogP contribution in [0.3, 0.4) is 0 Å². The molecule has 17 heavy (non-hydrogen) atoms. The molecule has 1 rings (SSSR count). The minimum absolute atomic E-state index is 0.202. The van der Waals surface area contributed by atoms with Crippen LogP contribution in [0.4, 0.5) is 0 Å². The second-order valence-electron chi connectivity index (χ2n) is 3.61. The third-order valence-electron chi connectivity index (χ3n) is 2.14. The maximum atomic E-state index is 10.9. The molecule has 0 aliphatic rings. The molecule has 1 N–H and O–H groups in total. The van der Waals surface area contributed by atoms with Gasteiger partial charge in [0.2, 0.25) is 0 Å². The van der Waals surface area contributed by atoms with Crippen molar-refractivity contribution in [2.24, 2.45) is 0 Å². The molecule has 0 fully saturated rings. The number of carbonyl (C=O) groups is 1. The number of rotatable bonds is 8. The number of nitrogens with one attached hydrogen (secondary N) is 1. The molecule has 0 saturated carbocycles. The van der Waals surface area contributed by atoms with Gasteiger partial charge in [-0.2, -0.15) is 0 Å². The summed E-state index contributed by atoms with van der Waals surface area (Å²) in [7, 11) is 1.40. The zero-order valence-electron chi connectivity index (χ0n) is 10.3. The Kier molecular flexibility index (Phi) is 6.81. The molecule has 0 atom stereocenters. The molecule has 1 aromatic rings. The Morgan fingerprint density at radius 1 is 1.47 bits per heavy atom. The first kappa shape index (κ1) is 14.1. The highest BCUT2D eigenvalue weighted by atomic mass is 32.2. The average molecular weight is 257 g/mol. The molecule has 0 aliphatic heterocycles. The van der Waals surface area contributed by atoms with Crippen molar-refractivity contribution >= 4 is 17.7 Å². The maximum Gasteiger partial charge on any atom is 0.315 e. The molecule has 0 saturated heterocycles. The molecule has 4 nitrogen and oxygen atoms in total. The third kappa shape index (κ3) is 5.79. The van der Waals surface area contributed by atoms with Crippen LogP contribution < -0.4 is 5.32 Å². The Hall–Kier alpha value is -0.940. The predicted molar refractivity (Wildman–Crippen MR) is 68.9 cm³/mol. The second kappa shape index (κ2) is 8.20. The van der Waals surface area contributed by atoms with E-state index in [-0.39, 0.29) is 5.97 Å². The highest BCUT2D eigenvalue weighted by molar-refractivity contribution is 7.99. The van der Waals surface area contributed by atoms with Crippen LogP contribution in [-0.4, -0.2) is 25.4 Å². The lowest BCUT2D eigenvalue weighted by Crippen LogP contribution is -2.13. The van der Waals surface area contributed by atoms with Crippen molar-refractivity contribution in [1.82, 2.24) is 5.32 Å². The van der Waals surface area contributed by atoms with Crippen LogP contribution in [0.5, 0.6) is 0 Å². The number of thioether (sulfide) groups is 1. The van der Waals surface area contributed by atoms with Gasteiger partial charge in [-0.25, -0.2) is 0 Å². The van der Waals surface area contributed by atoms with Gasteiger partial charge in [-0.05, 0) is 25.1 Å². The topological polar surface area (TPSA) is 51.5 Å². The van der Waals surface area contributed by atoms with E-state index in [4.69, 9.17) is 4.42 Å². The maximum absolute atomic E-state index is 10.9. The number of carbonyl (C=O) groups excluding carboxylic acids is 1. The molecule has 0 unspecified atom stereocenters. The van der Waals surface area contributed by atoms with Gasteiger partial charge in [-0.1, -0.05) is 6.92 Å². The first-order chi connectivity index (χ1) is 8.26. The Labute approximate surface area is 106 Å². The summed E-state index contributed by atoms with van der Waals surface area (Å²) in [6, 6.07) is 3.92. The van der Waals surface area contributed by atoms with E-state index in [1.807, 2.05) is 12.1 Å². The first-order valence-electron chi connectivity index (χ1n) is 5.69. The second-order valence-corrected chi connectivity index (χ2v) is 4.60. The fourth-order valence-electron chi connectivity index (χ4n) is 1.28. The van der Waals surface area contributed by atoms with Gasteiger partial charge in [0.15, 0.2) is 0 Å². The van der Waals surface area contributed by atoms with Crippen molar-refractivity contribution in [3.63, 3.8) is 0 Å². The number of hydrogen-bond donors (Lipinski definition) is 1. The molecule has 0 amide bonds. The van der Waals surface area contributed by atoms with Gasteiger partial charge < -0.3 is 14.5 Å². The lowest BCUT2D eigenvalue weighted by molar-refractivity contribution is -0.137. The van der Waals surface area contributed by atoms with E-state index in [0.29, 0.717) is 11.5 Å². The molecular weight excluding hydrogens is 238 g/mol. The Morgan fingerprint density at radius 3 is 2.94 bits per heavy atom. The van der Waals surface area contributed by atoms with Gasteiger partial charge in [0.25, 0.3) is 0 Å². The van der Waals surface area contributed by atoms with Crippen molar-refractivity contribution in [2.75, 3.05) is 19.4 Å². The van der Waals surface area contributed by atoms with Crippen LogP contribution in [0.1, 0.15) is 24.9 Å². The molecule has 96 valence electrons. The van der Waals surface area contributed by atoms with Gasteiger partial charge >= 0.3 is 5.97 Å². The quantitative estimate of drug-likeness (QED) is 0.571. The molecule has 0 spiro atoms. The number of hydrogen-bond acceptors (Lipinski definition) is 5. The number of ether oxygens (including phenoxy) is 1. The van der Waals surface area contributed by atoms with E-state index >= 15 is 0 Å². The predicted octanol–water partition coefficient (Wildman–Crippen LogP) is 2.19. The van der Waals surface area contributed by atoms with Crippen LogP contribution in [0.15, 0.2) is 16.5 Å². The third-order valence-corrected chi connectivity index (χ3v) is 3.06. The summed E-state index contributed by atoms with van der Waals surface area (Å²) in [5.41, 5.74) is 0. The van der Waals surface area contributed by atoms with Gasteiger partial charge in [0.1, 0.15) is 11.5 Å². The van der Waals surface area contributed by atoms with Crippen molar-refractivity contribution in [3.05, 3.63) is 23.7 Å². The van der Waals surface area contributed by atoms with Crippen LogP contribution >= 0.6 is 11.8 Å². The van der Waals surface area contributed by atoms with Crippen LogP contribution in [-0.2, 0) is 21.8 Å². The van der Waals surface area contributed by atoms with Crippen molar-refractivity contribution < 1.29 is 13.9 Å². The molecule has 5 heteroatoms. The standard InChI is InChI=1S/C12H19NO3S/c1-3-6-13-7-10-4-5-11(16-10)8-17-9-12(14)15-2/h4-5,13H,3,6-9H2,1-2H3. The van der Waals surface area contributed by atoms with E-state index in [9.17, 15) is 4.79 Å². The Bertz CT molecular complexity index is 338. The molecule has 0 aliphatic carbocycles. The number of methoxy groups -OCH3 is 1. The smallest absolute Gasteiger partial charge is 0.315 e. The van der Waals surface area contributed by atoms with E-state index in [0.717, 1.165) is 31.0 Å². The Morgan fingerprint density at radius 2 is 2.24 bits per heavy atom. The summed E-state index contributed by atoms with van der Waals surface area (Å²) < 4.78 is 10.2. The molecule has 0 radical (unpaired) electrons. The first-order valence-corrected chi connectivity index (χ1v) is 6.84. The van der Waals surface area contributed by atoms with E-state index < -0.39 is 0 Å². The molecule has 0 bridgehead atoms. The highest BCUT2D eigenvalue weighted by Gasteiger charge is 2.04. The van der Waals surface area contributed by atoms with Crippen molar-refractivity contribution in [1.29, 1.82) is 0 Å². The molecule has 1 heterocycles. The van der Waals surface area contributed by atoms with Crippen LogP contribution in [0.2, 0.25) is 0 Å². The normalized spacial score (nSPS) is 10.5. The highest BCUT2D eigenvalue weighted by Crippen LogP contribution is 2.15. The average Bonchev–Trinajstić information content (AvgIpc) is 2.77. The Balaban J connectivity index is 2.23. The summed E-state index contributed by atoms with van der Waals surface area (Å²) in [4.78, 5) is 10.9. The zero-order valence-corrected chi connectivity index (χ0v) is 11.1. The fraction of sp³-hybridized carbons (Fsp3) is 0.583. The summed E-state index contributed by atoms with van der Waals surface area (Å²) in [6.45, 7) is 3.88. The van der Waals surface area contributed by atoms with Crippen molar-refractivity contribution in [3.8, 4) is 0 Å². The van der Waals surface area contributed by atoms with Gasteiger partial charge in [-0.3, -0.25) is 4.79 Å². The zero-order chi connectivity index (χ0) is 12.5. The number of esters is 1. The summed E-state index contributed by atoms with van der Waals surface area (Å²) in [6.07, 6.45) is 1.11. The molecule has 0 aromatic carbocycles. The monoisotopic (exact) mass is 257 g/mol. The van der Waals surface area contributed by atoms with Crippen molar-refractivity contribution in [2.45, 2.75) is 25.6 Å².